The Morgan fingerprint density at radius 3 is 2.39 bits per heavy atom. The van der Waals surface area contributed by atoms with Gasteiger partial charge in [0.25, 0.3) is 5.91 Å². The molecule has 0 radical (unpaired) electrons. The van der Waals surface area contributed by atoms with Gasteiger partial charge >= 0.3 is 6.09 Å². The minimum Gasteiger partial charge on any atom is -0.449 e. The number of aliphatic hydroxyl groups is 1. The number of halogens is 1. The molecule has 0 spiro atoms. The summed E-state index contributed by atoms with van der Waals surface area (Å²) in [5.41, 5.74) is 7.89. The number of ether oxygens (including phenoxy) is 1. The maximum atomic E-state index is 13.2. The van der Waals surface area contributed by atoms with E-state index >= 15 is 0 Å². The first-order valence-electron chi connectivity index (χ1n) is 12.1. The van der Waals surface area contributed by atoms with E-state index in [-0.39, 0.29) is 18.5 Å². The average molecular weight is 511 g/mol. The van der Waals surface area contributed by atoms with Crippen molar-refractivity contribution >= 4 is 34.5 Å². The van der Waals surface area contributed by atoms with Crippen LogP contribution in [0.1, 0.15) is 36.2 Å². The van der Waals surface area contributed by atoms with E-state index in [1.807, 2.05) is 37.3 Å². The molecule has 3 N–H and O–H groups in total. The van der Waals surface area contributed by atoms with Crippen LogP contribution in [0.25, 0.3) is 22.2 Å². The Hall–Kier alpha value is -3.20. The molecule has 1 unspecified atom stereocenters. The van der Waals surface area contributed by atoms with Crippen molar-refractivity contribution in [1.82, 2.24) is 14.8 Å². The fourth-order valence-electron chi connectivity index (χ4n) is 4.14. The number of carbonyl (C=O) groups excluding carboxylic acids is 2. The summed E-state index contributed by atoms with van der Waals surface area (Å²) in [6.45, 7) is 5.86. The van der Waals surface area contributed by atoms with Gasteiger partial charge in [-0.1, -0.05) is 48.9 Å². The number of amides is 2. The predicted octanol–water partition coefficient (Wildman–Crippen LogP) is 4.03. The van der Waals surface area contributed by atoms with Crippen molar-refractivity contribution < 1.29 is 19.4 Å². The highest BCUT2D eigenvalue weighted by Gasteiger charge is 2.26. The molecule has 0 aliphatic carbocycles. The number of pyridine rings is 1. The highest BCUT2D eigenvalue weighted by Crippen LogP contribution is 2.30. The Balaban J connectivity index is 1.53. The van der Waals surface area contributed by atoms with Crippen molar-refractivity contribution in [2.75, 3.05) is 39.3 Å². The number of piperazine rings is 1. The van der Waals surface area contributed by atoms with E-state index in [4.69, 9.17) is 27.1 Å². The molecular weight excluding hydrogens is 480 g/mol. The average Bonchev–Trinajstić information content (AvgIpc) is 2.91. The van der Waals surface area contributed by atoms with E-state index < -0.39 is 5.60 Å². The molecule has 3 aromatic rings. The van der Waals surface area contributed by atoms with E-state index in [1.54, 1.807) is 34.9 Å². The normalized spacial score (nSPS) is 15.6. The van der Waals surface area contributed by atoms with Crippen LogP contribution in [0, 0.1) is 0 Å². The number of nitrogens with zero attached hydrogens (tertiary/aromatic N) is 3. The van der Waals surface area contributed by atoms with E-state index in [2.05, 4.69) is 0 Å². The third-order valence-corrected chi connectivity index (χ3v) is 6.77. The molecule has 1 fully saturated rings. The zero-order valence-electron chi connectivity index (χ0n) is 20.5. The molecule has 1 atom stereocenters. The van der Waals surface area contributed by atoms with Crippen molar-refractivity contribution in [2.24, 2.45) is 5.73 Å². The fraction of sp³-hybridized carbons (Fsp3) is 0.370. The van der Waals surface area contributed by atoms with Gasteiger partial charge in [0.1, 0.15) is 0 Å². The van der Waals surface area contributed by atoms with Crippen molar-refractivity contribution in [3.63, 3.8) is 0 Å². The minimum atomic E-state index is -1.11. The Morgan fingerprint density at radius 2 is 1.75 bits per heavy atom. The Kier molecular flexibility index (Phi) is 7.78. The molecule has 36 heavy (non-hydrogen) atoms. The van der Waals surface area contributed by atoms with Crippen LogP contribution in [0.4, 0.5) is 4.79 Å². The first-order valence-corrected chi connectivity index (χ1v) is 12.5. The van der Waals surface area contributed by atoms with Gasteiger partial charge in [-0.15, -0.1) is 0 Å². The predicted molar refractivity (Wildman–Crippen MR) is 140 cm³/mol. The number of benzene rings is 2. The largest absolute Gasteiger partial charge is 0.449 e. The van der Waals surface area contributed by atoms with Crippen molar-refractivity contribution in [3.05, 3.63) is 64.7 Å². The van der Waals surface area contributed by atoms with Crippen molar-refractivity contribution in [3.8, 4) is 11.3 Å². The summed E-state index contributed by atoms with van der Waals surface area (Å²) in [6.07, 6.45) is 0.439. The van der Waals surface area contributed by atoms with E-state index in [0.29, 0.717) is 60.1 Å². The highest BCUT2D eigenvalue weighted by molar-refractivity contribution is 6.35. The van der Waals surface area contributed by atoms with Crippen molar-refractivity contribution in [2.45, 2.75) is 25.9 Å². The number of hydrogen-bond donors (Lipinski definition) is 2. The lowest BCUT2D eigenvalue weighted by molar-refractivity contribution is 0.0560. The van der Waals surface area contributed by atoms with Crippen LogP contribution < -0.4 is 5.73 Å². The van der Waals surface area contributed by atoms with Gasteiger partial charge in [-0.2, -0.15) is 0 Å². The second kappa shape index (κ2) is 10.8. The molecule has 2 heterocycles. The van der Waals surface area contributed by atoms with Crippen LogP contribution >= 0.6 is 11.6 Å². The van der Waals surface area contributed by atoms with E-state index in [9.17, 15) is 14.7 Å². The molecule has 0 saturated carbocycles. The molecule has 2 aromatic carbocycles. The molecule has 1 aliphatic heterocycles. The first kappa shape index (κ1) is 25.9. The molecule has 1 aromatic heterocycles. The van der Waals surface area contributed by atoms with Gasteiger partial charge in [0.2, 0.25) is 0 Å². The fourth-order valence-corrected chi connectivity index (χ4v) is 4.40. The second-order valence-corrected chi connectivity index (χ2v) is 9.58. The summed E-state index contributed by atoms with van der Waals surface area (Å²) in [7, 11) is 0. The molecule has 2 amide bonds. The Bertz CT molecular complexity index is 1250. The van der Waals surface area contributed by atoms with E-state index in [1.165, 1.54) is 0 Å². The summed E-state index contributed by atoms with van der Waals surface area (Å²) < 4.78 is 5.19. The number of hydrogen-bond acceptors (Lipinski definition) is 6. The highest BCUT2D eigenvalue weighted by atomic mass is 35.5. The number of rotatable bonds is 6. The van der Waals surface area contributed by atoms with Gasteiger partial charge < -0.3 is 25.4 Å². The number of nitrogens with two attached hydrogens (primary N) is 1. The van der Waals surface area contributed by atoms with Gasteiger partial charge in [0, 0.05) is 49.2 Å². The number of aromatic nitrogens is 1. The monoisotopic (exact) mass is 510 g/mol. The molecule has 1 aliphatic rings. The summed E-state index contributed by atoms with van der Waals surface area (Å²) in [6, 6.07) is 14.5. The molecule has 4 rings (SSSR count). The lowest BCUT2D eigenvalue weighted by Gasteiger charge is -2.34. The lowest BCUT2D eigenvalue weighted by Crippen LogP contribution is -2.50. The van der Waals surface area contributed by atoms with E-state index in [0.717, 1.165) is 17.4 Å². The standard InChI is InChI=1S/C27H31ClN4O4/c1-3-14-36-26(34)32-12-10-31(11-13-32)25(33)19-6-9-21-22(28)16-23(30-24(21)15-19)18-4-7-20(8-5-18)27(2,35)17-29/h4-9,15-16,35H,3,10-14,17,29H2,1-2H3. The summed E-state index contributed by atoms with van der Waals surface area (Å²) >= 11 is 6.56. The van der Waals surface area contributed by atoms with Crippen LogP contribution in [-0.2, 0) is 10.3 Å². The molecule has 9 heteroatoms. The maximum absolute atomic E-state index is 13.2. The number of fused-ring (bicyclic) bond motifs is 1. The topological polar surface area (TPSA) is 109 Å². The minimum absolute atomic E-state index is 0.112. The lowest BCUT2D eigenvalue weighted by atomic mass is 9.94. The van der Waals surface area contributed by atoms with Gasteiger partial charge in [-0.3, -0.25) is 4.79 Å². The van der Waals surface area contributed by atoms with Gasteiger partial charge in [-0.25, -0.2) is 9.78 Å². The van der Waals surface area contributed by atoms with Crippen LogP contribution in [0.5, 0.6) is 0 Å². The molecule has 8 nitrogen and oxygen atoms in total. The SMILES string of the molecule is CCCOC(=O)N1CCN(C(=O)c2ccc3c(Cl)cc(-c4ccc(C(C)(O)CN)cc4)nc3c2)CC1. The zero-order valence-corrected chi connectivity index (χ0v) is 21.3. The molecular formula is C27H31ClN4O4. The summed E-state index contributed by atoms with van der Waals surface area (Å²) in [5, 5.41) is 11.7. The summed E-state index contributed by atoms with van der Waals surface area (Å²) in [5.74, 6) is -0.116. The van der Waals surface area contributed by atoms with Crippen LogP contribution in [0.2, 0.25) is 5.02 Å². The second-order valence-electron chi connectivity index (χ2n) is 9.17. The summed E-state index contributed by atoms with van der Waals surface area (Å²) in [4.78, 5) is 33.4. The van der Waals surface area contributed by atoms with Crippen molar-refractivity contribution in [1.29, 1.82) is 0 Å². The smallest absolute Gasteiger partial charge is 0.409 e. The third-order valence-electron chi connectivity index (χ3n) is 6.46. The van der Waals surface area contributed by atoms with Crippen LogP contribution in [0.3, 0.4) is 0 Å². The van der Waals surface area contributed by atoms with Gasteiger partial charge in [0.15, 0.2) is 0 Å². The zero-order chi connectivity index (χ0) is 25.9. The quantitative estimate of drug-likeness (QED) is 0.518. The molecule has 1 saturated heterocycles. The van der Waals surface area contributed by atoms with Gasteiger partial charge in [-0.05, 0) is 37.1 Å². The maximum Gasteiger partial charge on any atom is 0.409 e. The van der Waals surface area contributed by atoms with Gasteiger partial charge in [0.05, 0.1) is 28.4 Å². The van der Waals surface area contributed by atoms with Crippen LogP contribution in [0.15, 0.2) is 48.5 Å². The molecule has 0 bridgehead atoms. The first-order chi connectivity index (χ1) is 17.2. The Morgan fingerprint density at radius 1 is 1.08 bits per heavy atom. The Labute approximate surface area is 215 Å². The van der Waals surface area contributed by atoms with Crippen LogP contribution in [-0.4, -0.2) is 71.2 Å². The third kappa shape index (κ3) is 5.46. The number of carbonyl (C=O) groups is 2. The molecule has 190 valence electrons.